The van der Waals surface area contributed by atoms with Crippen molar-refractivity contribution in [2.75, 3.05) is 11.4 Å². The van der Waals surface area contributed by atoms with Crippen molar-refractivity contribution < 1.29 is 4.79 Å². The third-order valence-electron chi connectivity index (χ3n) is 4.87. The summed E-state index contributed by atoms with van der Waals surface area (Å²) >= 11 is 1.46. The zero-order valence-electron chi connectivity index (χ0n) is 15.5. The molecule has 5 nitrogen and oxygen atoms in total. The van der Waals surface area contributed by atoms with E-state index in [1.807, 2.05) is 72.0 Å². The van der Waals surface area contributed by atoms with Crippen LogP contribution in [0.25, 0.3) is 11.4 Å². The Balaban J connectivity index is 1.53. The lowest BCUT2D eigenvalue weighted by Crippen LogP contribution is -2.40. The Hall–Kier alpha value is -2.60. The van der Waals surface area contributed by atoms with E-state index >= 15 is 0 Å². The summed E-state index contributed by atoms with van der Waals surface area (Å²) in [6, 6.07) is 18.2. The number of rotatable bonds is 4. The summed E-state index contributed by atoms with van der Waals surface area (Å²) in [5.74, 6) is 0.928. The van der Waals surface area contributed by atoms with Crippen LogP contribution in [0, 0.1) is 0 Å². The normalized spacial score (nSPS) is 14.7. The highest BCUT2D eigenvalue weighted by molar-refractivity contribution is 8.00. The van der Waals surface area contributed by atoms with Gasteiger partial charge in [-0.2, -0.15) is 0 Å². The second-order valence-electron chi connectivity index (χ2n) is 6.71. The molecule has 4 rings (SSSR count). The first-order chi connectivity index (χ1) is 13.1. The third-order valence-corrected chi connectivity index (χ3v) is 5.99. The van der Waals surface area contributed by atoms with Crippen molar-refractivity contribution in [2.24, 2.45) is 7.05 Å². The molecule has 1 aliphatic heterocycles. The van der Waals surface area contributed by atoms with Crippen LogP contribution in [0.15, 0.2) is 59.8 Å². The van der Waals surface area contributed by atoms with Crippen LogP contribution in [0.2, 0.25) is 0 Å². The maximum Gasteiger partial charge on any atom is 0.240 e. The summed E-state index contributed by atoms with van der Waals surface area (Å²) in [5.41, 5.74) is 3.31. The van der Waals surface area contributed by atoms with Gasteiger partial charge in [0.05, 0.1) is 5.25 Å². The minimum absolute atomic E-state index is 0.122. The van der Waals surface area contributed by atoms with Gasteiger partial charge in [-0.3, -0.25) is 4.79 Å². The number of aryl methyl sites for hydroxylation is 1. The quantitative estimate of drug-likeness (QED) is 0.645. The average Bonchev–Trinajstić information content (AvgIpc) is 3.08. The number of thioether (sulfide) groups is 1. The van der Waals surface area contributed by atoms with Crippen LogP contribution in [0.3, 0.4) is 0 Å². The fraction of sp³-hybridized carbons (Fsp3) is 0.286. The van der Waals surface area contributed by atoms with Crippen LogP contribution in [0.1, 0.15) is 18.9 Å². The van der Waals surface area contributed by atoms with Crippen LogP contribution >= 0.6 is 11.8 Å². The number of anilines is 1. The molecule has 138 valence electrons. The predicted octanol–water partition coefficient (Wildman–Crippen LogP) is 3.94. The zero-order chi connectivity index (χ0) is 18.8. The number of nitrogens with zero attached hydrogens (tertiary/aromatic N) is 4. The minimum Gasteiger partial charge on any atom is -0.311 e. The lowest BCUT2D eigenvalue weighted by Gasteiger charge is -2.31. The Bertz CT molecular complexity index is 954. The maximum atomic E-state index is 13.1. The second-order valence-corrected chi connectivity index (χ2v) is 8.02. The van der Waals surface area contributed by atoms with Crippen molar-refractivity contribution in [3.8, 4) is 11.4 Å². The van der Waals surface area contributed by atoms with E-state index in [0.717, 1.165) is 41.6 Å². The Morgan fingerprint density at radius 1 is 1.07 bits per heavy atom. The highest BCUT2D eigenvalue weighted by Crippen LogP contribution is 2.31. The van der Waals surface area contributed by atoms with Crippen molar-refractivity contribution in [2.45, 2.75) is 30.2 Å². The van der Waals surface area contributed by atoms with E-state index in [1.54, 1.807) is 0 Å². The molecule has 0 bridgehead atoms. The summed E-state index contributed by atoms with van der Waals surface area (Å²) < 4.78 is 1.95. The summed E-state index contributed by atoms with van der Waals surface area (Å²) in [7, 11) is 1.94. The van der Waals surface area contributed by atoms with Gasteiger partial charge in [0.2, 0.25) is 5.91 Å². The number of fused-ring (bicyclic) bond motifs is 1. The molecule has 6 heteroatoms. The molecule has 0 radical (unpaired) electrons. The van der Waals surface area contributed by atoms with Gasteiger partial charge >= 0.3 is 0 Å². The molecule has 1 atom stereocenters. The molecule has 0 spiro atoms. The Morgan fingerprint density at radius 3 is 2.63 bits per heavy atom. The first-order valence-electron chi connectivity index (χ1n) is 9.16. The van der Waals surface area contributed by atoms with E-state index in [9.17, 15) is 4.79 Å². The van der Waals surface area contributed by atoms with Gasteiger partial charge in [0.25, 0.3) is 0 Å². The van der Waals surface area contributed by atoms with Crippen LogP contribution < -0.4 is 4.90 Å². The van der Waals surface area contributed by atoms with Crippen LogP contribution in [-0.2, 0) is 18.3 Å². The van der Waals surface area contributed by atoms with Gasteiger partial charge in [0.1, 0.15) is 0 Å². The SMILES string of the molecule is C[C@H](Sc1nnc(-c2ccccc2)n1C)C(=O)N1CCCc2ccccc21. The first-order valence-corrected chi connectivity index (χ1v) is 10.0. The highest BCUT2D eigenvalue weighted by atomic mass is 32.2. The molecule has 2 heterocycles. The molecule has 0 N–H and O–H groups in total. The molecule has 0 unspecified atom stereocenters. The van der Waals surface area contributed by atoms with E-state index in [0.29, 0.717) is 0 Å². The minimum atomic E-state index is -0.234. The molecule has 2 aromatic carbocycles. The number of benzene rings is 2. The van der Waals surface area contributed by atoms with Crippen molar-refractivity contribution in [3.05, 3.63) is 60.2 Å². The zero-order valence-corrected chi connectivity index (χ0v) is 16.3. The fourth-order valence-electron chi connectivity index (χ4n) is 3.45. The molecule has 3 aromatic rings. The van der Waals surface area contributed by atoms with Gasteiger partial charge in [-0.1, -0.05) is 60.3 Å². The van der Waals surface area contributed by atoms with Gasteiger partial charge in [-0.05, 0) is 31.4 Å². The molecule has 0 saturated carbocycles. The van der Waals surface area contributed by atoms with Gasteiger partial charge in [0.15, 0.2) is 11.0 Å². The Labute approximate surface area is 163 Å². The Kier molecular flexibility index (Phi) is 4.99. The number of aromatic nitrogens is 3. The molecule has 27 heavy (non-hydrogen) atoms. The summed E-state index contributed by atoms with van der Waals surface area (Å²) in [4.78, 5) is 15.0. The number of amides is 1. The number of hydrogen-bond donors (Lipinski definition) is 0. The molecule has 0 fully saturated rings. The topological polar surface area (TPSA) is 51.0 Å². The van der Waals surface area contributed by atoms with Gasteiger partial charge in [0, 0.05) is 24.8 Å². The lowest BCUT2D eigenvalue weighted by atomic mass is 10.0. The largest absolute Gasteiger partial charge is 0.311 e. The molecule has 0 saturated heterocycles. The van der Waals surface area contributed by atoms with Crippen LogP contribution in [0.4, 0.5) is 5.69 Å². The number of hydrogen-bond acceptors (Lipinski definition) is 4. The van der Waals surface area contributed by atoms with Crippen molar-refractivity contribution in [3.63, 3.8) is 0 Å². The van der Waals surface area contributed by atoms with Crippen molar-refractivity contribution >= 4 is 23.4 Å². The highest BCUT2D eigenvalue weighted by Gasteiger charge is 2.28. The smallest absolute Gasteiger partial charge is 0.240 e. The monoisotopic (exact) mass is 378 g/mol. The fourth-order valence-corrected chi connectivity index (χ4v) is 4.32. The molecule has 1 amide bonds. The summed E-state index contributed by atoms with van der Waals surface area (Å²) in [5, 5.41) is 9.14. The Morgan fingerprint density at radius 2 is 1.81 bits per heavy atom. The van der Waals surface area contributed by atoms with Crippen molar-refractivity contribution in [1.82, 2.24) is 14.8 Å². The second kappa shape index (κ2) is 7.56. The summed E-state index contributed by atoms with van der Waals surface area (Å²) in [6.07, 6.45) is 2.04. The first kappa shape index (κ1) is 17.8. The number of para-hydroxylation sites is 1. The lowest BCUT2D eigenvalue weighted by molar-refractivity contribution is -0.117. The number of carbonyl (C=O) groups excluding carboxylic acids is 1. The van der Waals surface area contributed by atoms with E-state index in [1.165, 1.54) is 17.3 Å². The maximum absolute atomic E-state index is 13.1. The van der Waals surface area contributed by atoms with E-state index < -0.39 is 0 Å². The number of carbonyl (C=O) groups is 1. The average molecular weight is 379 g/mol. The standard InChI is InChI=1S/C21H22N4OS/c1-15(20(26)25-14-8-12-16-9-6-7-13-18(16)25)27-21-23-22-19(24(21)2)17-10-4-3-5-11-17/h3-7,9-11,13,15H,8,12,14H2,1-2H3/t15-/m0/s1. The summed E-state index contributed by atoms with van der Waals surface area (Å²) in [6.45, 7) is 2.72. The van der Waals surface area contributed by atoms with Crippen molar-refractivity contribution in [1.29, 1.82) is 0 Å². The van der Waals surface area contributed by atoms with Gasteiger partial charge in [-0.15, -0.1) is 10.2 Å². The molecular weight excluding hydrogens is 356 g/mol. The van der Waals surface area contributed by atoms with Crippen LogP contribution in [-0.4, -0.2) is 32.5 Å². The third kappa shape index (κ3) is 3.49. The van der Waals surface area contributed by atoms with E-state index in [-0.39, 0.29) is 11.2 Å². The van der Waals surface area contributed by atoms with E-state index in [2.05, 4.69) is 16.3 Å². The van der Waals surface area contributed by atoms with E-state index in [4.69, 9.17) is 0 Å². The van der Waals surface area contributed by atoms with Crippen LogP contribution in [0.5, 0.6) is 0 Å². The van der Waals surface area contributed by atoms with Gasteiger partial charge < -0.3 is 9.47 Å². The van der Waals surface area contributed by atoms with Gasteiger partial charge in [-0.25, -0.2) is 0 Å². The molecule has 1 aromatic heterocycles. The molecule has 0 aliphatic carbocycles. The molecular formula is C21H22N4OS. The molecule has 1 aliphatic rings. The predicted molar refractivity (Wildman–Crippen MR) is 109 cm³/mol.